The van der Waals surface area contributed by atoms with Gasteiger partial charge in [0.15, 0.2) is 17.3 Å². The van der Waals surface area contributed by atoms with Crippen LogP contribution in [0.15, 0.2) is 22.7 Å². The zero-order valence-electron chi connectivity index (χ0n) is 21.6. The quantitative estimate of drug-likeness (QED) is 0.372. The van der Waals surface area contributed by atoms with Crippen LogP contribution in [0.2, 0.25) is 0 Å². The van der Waals surface area contributed by atoms with E-state index in [1.165, 1.54) is 0 Å². The Morgan fingerprint density at radius 3 is 2.41 bits per heavy atom. The van der Waals surface area contributed by atoms with Crippen LogP contribution in [0.4, 0.5) is 13.2 Å². The second-order valence-corrected chi connectivity index (χ2v) is 9.28. The molecule has 0 bridgehead atoms. The smallest absolute Gasteiger partial charge is 0.486 e. The minimum Gasteiger partial charge on any atom is -0.486 e. The Morgan fingerprint density at radius 2 is 1.79 bits per heavy atom. The minimum absolute atomic E-state index is 0.0625. The second-order valence-electron chi connectivity index (χ2n) is 9.28. The summed E-state index contributed by atoms with van der Waals surface area (Å²) in [6.45, 7) is 5.39. The van der Waals surface area contributed by atoms with E-state index in [4.69, 9.17) is 23.9 Å². The number of likely N-dealkylation sites (tertiary alicyclic amines) is 1. The molecular weight excluding hydrogens is 525 g/mol. The number of carbonyl (C=O) groups is 2. The number of halogens is 3. The van der Waals surface area contributed by atoms with Gasteiger partial charge in [-0.05, 0) is 63.4 Å². The number of aliphatic hydroxyl groups is 1. The van der Waals surface area contributed by atoms with E-state index < -0.39 is 24.3 Å². The van der Waals surface area contributed by atoms with Crippen LogP contribution in [-0.4, -0.2) is 82.2 Å². The number of nitrogens with one attached hydrogen (secondary N) is 1. The number of benzene rings is 1. The van der Waals surface area contributed by atoms with E-state index in [1.54, 1.807) is 6.92 Å². The Kier molecular flexibility index (Phi) is 10.9. The summed E-state index contributed by atoms with van der Waals surface area (Å²) < 4.78 is 48.1. The zero-order chi connectivity index (χ0) is 28.4. The molecule has 39 heavy (non-hydrogen) atoms. The van der Waals surface area contributed by atoms with Gasteiger partial charge in [-0.15, -0.1) is 0 Å². The molecule has 11 nitrogen and oxygen atoms in total. The van der Waals surface area contributed by atoms with Crippen molar-refractivity contribution in [3.8, 4) is 11.5 Å². The summed E-state index contributed by atoms with van der Waals surface area (Å²) in [7, 11) is 0. The third-order valence-electron chi connectivity index (χ3n) is 6.15. The lowest BCUT2D eigenvalue weighted by atomic mass is 10.0. The Hall–Kier alpha value is -3.39. The SMILES string of the molecule is Cc1noc(CCCCC(=O)N[C@H](CN2CCCC2)[C@H](O)c2ccc3c(c2)OCCO3)n1.O=C(O)C(F)(F)F. The molecule has 1 fully saturated rings. The van der Waals surface area contributed by atoms with E-state index in [9.17, 15) is 23.1 Å². The molecule has 0 unspecified atom stereocenters. The fourth-order valence-corrected chi connectivity index (χ4v) is 4.23. The number of aromatic nitrogens is 2. The highest BCUT2D eigenvalue weighted by atomic mass is 19.4. The van der Waals surface area contributed by atoms with Crippen LogP contribution in [-0.2, 0) is 16.0 Å². The Balaban J connectivity index is 0.000000532. The van der Waals surface area contributed by atoms with Gasteiger partial charge in [0.05, 0.1) is 6.04 Å². The predicted octanol–water partition coefficient (Wildman–Crippen LogP) is 2.81. The Bertz CT molecular complexity index is 1090. The van der Waals surface area contributed by atoms with Crippen molar-refractivity contribution < 1.29 is 47.0 Å². The summed E-state index contributed by atoms with van der Waals surface area (Å²) in [6, 6.07) is 5.07. The highest BCUT2D eigenvalue weighted by molar-refractivity contribution is 5.76. The van der Waals surface area contributed by atoms with Crippen molar-refractivity contribution in [3.05, 3.63) is 35.5 Å². The lowest BCUT2D eigenvalue weighted by molar-refractivity contribution is -0.192. The molecule has 1 saturated heterocycles. The van der Waals surface area contributed by atoms with Crippen LogP contribution in [0.25, 0.3) is 0 Å². The van der Waals surface area contributed by atoms with E-state index in [-0.39, 0.29) is 5.91 Å². The molecule has 2 aliphatic heterocycles. The molecule has 0 saturated carbocycles. The number of rotatable bonds is 10. The van der Waals surface area contributed by atoms with Crippen molar-refractivity contribution in [2.75, 3.05) is 32.8 Å². The lowest BCUT2D eigenvalue weighted by Gasteiger charge is -2.29. The normalized spacial score (nSPS) is 16.6. The van der Waals surface area contributed by atoms with Crippen LogP contribution in [0.1, 0.15) is 55.5 Å². The number of hydrogen-bond acceptors (Lipinski definition) is 9. The van der Waals surface area contributed by atoms with Crippen molar-refractivity contribution in [1.82, 2.24) is 20.4 Å². The van der Waals surface area contributed by atoms with Gasteiger partial charge in [-0.3, -0.25) is 4.79 Å². The summed E-state index contributed by atoms with van der Waals surface area (Å²) in [6.07, 6.45) is -1.08. The largest absolute Gasteiger partial charge is 0.490 e. The average Bonchev–Trinajstić information content (AvgIpc) is 3.57. The van der Waals surface area contributed by atoms with E-state index in [0.29, 0.717) is 67.8 Å². The van der Waals surface area contributed by atoms with Crippen LogP contribution >= 0.6 is 0 Å². The van der Waals surface area contributed by atoms with Crippen molar-refractivity contribution in [2.45, 2.75) is 63.8 Å². The van der Waals surface area contributed by atoms with E-state index in [2.05, 4.69) is 20.4 Å². The van der Waals surface area contributed by atoms with Crippen molar-refractivity contribution in [1.29, 1.82) is 0 Å². The Morgan fingerprint density at radius 1 is 1.13 bits per heavy atom. The summed E-state index contributed by atoms with van der Waals surface area (Å²) in [5.41, 5.74) is 0.713. The molecular formula is C25H33F3N4O7. The number of aliphatic carboxylic acids is 1. The third-order valence-corrected chi connectivity index (χ3v) is 6.15. The van der Waals surface area contributed by atoms with Gasteiger partial charge >= 0.3 is 12.1 Å². The molecule has 3 heterocycles. The monoisotopic (exact) mass is 558 g/mol. The number of aryl methyl sites for hydroxylation is 2. The molecule has 1 aromatic heterocycles. The van der Waals surface area contributed by atoms with Crippen LogP contribution < -0.4 is 14.8 Å². The molecule has 0 radical (unpaired) electrons. The van der Waals surface area contributed by atoms with E-state index in [1.807, 2.05) is 18.2 Å². The van der Waals surface area contributed by atoms with Crippen LogP contribution in [0.5, 0.6) is 11.5 Å². The van der Waals surface area contributed by atoms with E-state index >= 15 is 0 Å². The van der Waals surface area contributed by atoms with Gasteiger partial charge in [0.1, 0.15) is 19.3 Å². The third kappa shape index (κ3) is 9.70. The number of ether oxygens (including phenoxy) is 2. The molecule has 0 spiro atoms. The van der Waals surface area contributed by atoms with Gasteiger partial charge in [0, 0.05) is 19.4 Å². The minimum atomic E-state index is -5.08. The van der Waals surface area contributed by atoms with Gasteiger partial charge in [0.2, 0.25) is 11.8 Å². The summed E-state index contributed by atoms with van der Waals surface area (Å²) in [4.78, 5) is 28.1. The summed E-state index contributed by atoms with van der Waals surface area (Å²) >= 11 is 0. The highest BCUT2D eigenvalue weighted by Gasteiger charge is 2.38. The second kappa shape index (κ2) is 14.1. The van der Waals surface area contributed by atoms with Crippen LogP contribution in [0, 0.1) is 6.92 Å². The molecule has 3 N–H and O–H groups in total. The number of hydrogen-bond donors (Lipinski definition) is 3. The maximum Gasteiger partial charge on any atom is 0.490 e. The number of carbonyl (C=O) groups excluding carboxylic acids is 1. The first-order valence-electron chi connectivity index (χ1n) is 12.7. The van der Waals surface area contributed by atoms with Gasteiger partial charge in [-0.25, -0.2) is 4.79 Å². The van der Waals surface area contributed by atoms with E-state index in [0.717, 1.165) is 32.4 Å². The fourth-order valence-electron chi connectivity index (χ4n) is 4.23. The number of carboxylic acid groups (broad SMARTS) is 1. The maximum atomic E-state index is 12.7. The molecule has 2 aromatic rings. The number of amides is 1. The molecule has 4 rings (SSSR count). The zero-order valence-corrected chi connectivity index (χ0v) is 21.6. The van der Waals surface area contributed by atoms with Gasteiger partial charge in [-0.1, -0.05) is 11.2 Å². The maximum absolute atomic E-state index is 12.7. The molecule has 0 aliphatic carbocycles. The van der Waals surface area contributed by atoms with Gasteiger partial charge in [0.25, 0.3) is 0 Å². The van der Waals surface area contributed by atoms with Gasteiger partial charge < -0.3 is 34.4 Å². The average molecular weight is 559 g/mol. The van der Waals surface area contributed by atoms with Crippen molar-refractivity contribution in [2.24, 2.45) is 0 Å². The highest BCUT2D eigenvalue weighted by Crippen LogP contribution is 2.33. The van der Waals surface area contributed by atoms with Gasteiger partial charge in [-0.2, -0.15) is 18.2 Å². The fraction of sp³-hybridized carbons (Fsp3) is 0.600. The number of carboxylic acids is 1. The molecule has 2 atom stereocenters. The predicted molar refractivity (Wildman–Crippen MR) is 130 cm³/mol. The standard InChI is InChI=1S/C23H32N4O5.C2HF3O2/c1-16-24-22(32-26-16)7-3-2-6-21(28)25-18(15-27-10-4-5-11-27)23(29)17-8-9-19-20(14-17)31-13-12-30-19;3-2(4,5)1(6)7/h8-9,14,18,23,29H,2-7,10-13,15H2,1H3,(H,25,28);(H,6,7)/t18-,23-;/m1./s1. The van der Waals surface area contributed by atoms with Crippen molar-refractivity contribution >= 4 is 11.9 Å². The molecule has 14 heteroatoms. The number of unbranched alkanes of at least 4 members (excludes halogenated alkanes) is 1. The van der Waals surface area contributed by atoms with Crippen LogP contribution in [0.3, 0.4) is 0 Å². The summed E-state index contributed by atoms with van der Waals surface area (Å²) in [5.74, 6) is -0.279. The number of alkyl halides is 3. The first-order chi connectivity index (χ1) is 18.5. The topological polar surface area (TPSA) is 147 Å². The first-order valence-corrected chi connectivity index (χ1v) is 12.7. The molecule has 1 aromatic carbocycles. The number of fused-ring (bicyclic) bond motifs is 1. The molecule has 216 valence electrons. The molecule has 1 amide bonds. The summed E-state index contributed by atoms with van der Waals surface area (Å²) in [5, 5.41) is 25.1. The lowest BCUT2D eigenvalue weighted by Crippen LogP contribution is -2.46. The first kappa shape index (κ1) is 30.2. The molecule has 2 aliphatic rings. The Labute approximate surface area is 223 Å². The van der Waals surface area contributed by atoms with Crippen molar-refractivity contribution in [3.63, 3.8) is 0 Å². The number of aliphatic hydroxyl groups excluding tert-OH is 1. The number of nitrogens with zero attached hydrogens (tertiary/aromatic N) is 3.